The van der Waals surface area contributed by atoms with Crippen LogP contribution in [0.3, 0.4) is 0 Å². The van der Waals surface area contributed by atoms with Crippen molar-refractivity contribution in [3.8, 4) is 11.8 Å². The Hall–Kier alpha value is -2.02. The summed E-state index contributed by atoms with van der Waals surface area (Å²) in [5.74, 6) is 0.349. The molecule has 4 nitrogen and oxygen atoms in total. The summed E-state index contributed by atoms with van der Waals surface area (Å²) in [6.45, 7) is 0.916. The van der Waals surface area contributed by atoms with E-state index in [1.54, 1.807) is 0 Å². The minimum atomic E-state index is -0.238. The molecule has 0 amide bonds. The van der Waals surface area contributed by atoms with E-state index in [1.165, 1.54) is 0 Å². The van der Waals surface area contributed by atoms with Gasteiger partial charge in [0.15, 0.2) is 0 Å². The summed E-state index contributed by atoms with van der Waals surface area (Å²) >= 11 is 0. The first-order valence-corrected chi connectivity index (χ1v) is 6.99. The van der Waals surface area contributed by atoms with Gasteiger partial charge in [-0.05, 0) is 25.3 Å². The van der Waals surface area contributed by atoms with Gasteiger partial charge in [-0.25, -0.2) is 0 Å². The van der Waals surface area contributed by atoms with Crippen LogP contribution in [0.25, 0.3) is 0 Å². The Labute approximate surface area is 118 Å². The highest BCUT2D eigenvalue weighted by atomic mass is 16.5. The van der Waals surface area contributed by atoms with Gasteiger partial charge in [0.05, 0.1) is 25.2 Å². The molecule has 4 heteroatoms. The fourth-order valence-corrected chi connectivity index (χ4v) is 2.63. The molecule has 1 atom stereocenters. The van der Waals surface area contributed by atoms with Crippen molar-refractivity contribution in [2.45, 2.75) is 31.6 Å². The van der Waals surface area contributed by atoms with E-state index in [9.17, 15) is 4.79 Å². The molecular formula is C16H17NO3. The predicted molar refractivity (Wildman–Crippen MR) is 72.2 cm³/mol. The van der Waals surface area contributed by atoms with E-state index < -0.39 is 0 Å². The van der Waals surface area contributed by atoms with Crippen LogP contribution in [0.2, 0.25) is 0 Å². The molecule has 104 valence electrons. The normalized spacial score (nSPS) is 22.1. The summed E-state index contributed by atoms with van der Waals surface area (Å²) in [5, 5.41) is 8.78. The molecular weight excluding hydrogens is 254 g/mol. The lowest BCUT2D eigenvalue weighted by molar-refractivity contribution is -0.148. The highest BCUT2D eigenvalue weighted by Crippen LogP contribution is 2.49. The van der Waals surface area contributed by atoms with Crippen molar-refractivity contribution in [2.24, 2.45) is 5.41 Å². The van der Waals surface area contributed by atoms with Crippen molar-refractivity contribution >= 4 is 5.97 Å². The first kappa shape index (κ1) is 13.0. The quantitative estimate of drug-likeness (QED) is 0.790. The van der Waals surface area contributed by atoms with E-state index in [1.807, 2.05) is 24.3 Å². The van der Waals surface area contributed by atoms with Crippen molar-refractivity contribution in [3.63, 3.8) is 0 Å². The predicted octanol–water partition coefficient (Wildman–Crippen LogP) is 2.79. The van der Waals surface area contributed by atoms with Gasteiger partial charge in [0, 0.05) is 17.4 Å². The van der Waals surface area contributed by atoms with Crippen LogP contribution in [0.4, 0.5) is 0 Å². The SMILES string of the molecule is N#CCC1(COC(=O)[C@H]2CCOc3ccccc32)CC1. The van der Waals surface area contributed by atoms with Crippen LogP contribution < -0.4 is 4.74 Å². The number of hydrogen-bond acceptors (Lipinski definition) is 4. The van der Waals surface area contributed by atoms with Crippen LogP contribution in [0.15, 0.2) is 24.3 Å². The summed E-state index contributed by atoms with van der Waals surface area (Å²) in [7, 11) is 0. The van der Waals surface area contributed by atoms with Gasteiger partial charge < -0.3 is 9.47 Å². The van der Waals surface area contributed by atoms with Gasteiger partial charge in [-0.2, -0.15) is 5.26 Å². The maximum absolute atomic E-state index is 12.3. The van der Waals surface area contributed by atoms with Crippen LogP contribution >= 0.6 is 0 Å². The Morgan fingerprint density at radius 2 is 2.25 bits per heavy atom. The lowest BCUT2D eigenvalue weighted by atomic mass is 9.93. The summed E-state index contributed by atoms with van der Waals surface area (Å²) in [6.07, 6.45) is 3.10. The van der Waals surface area contributed by atoms with Gasteiger partial charge in [-0.15, -0.1) is 0 Å². The van der Waals surface area contributed by atoms with E-state index in [4.69, 9.17) is 14.7 Å². The maximum Gasteiger partial charge on any atom is 0.313 e. The van der Waals surface area contributed by atoms with Crippen molar-refractivity contribution in [2.75, 3.05) is 13.2 Å². The van der Waals surface area contributed by atoms with Crippen LogP contribution in [-0.4, -0.2) is 19.2 Å². The van der Waals surface area contributed by atoms with Gasteiger partial charge in [0.1, 0.15) is 5.75 Å². The molecule has 0 radical (unpaired) electrons. The third-order valence-corrected chi connectivity index (χ3v) is 4.17. The zero-order valence-corrected chi connectivity index (χ0v) is 11.3. The molecule has 1 aliphatic carbocycles. The van der Waals surface area contributed by atoms with Crippen LogP contribution in [-0.2, 0) is 9.53 Å². The number of hydrogen-bond donors (Lipinski definition) is 0. The Balaban J connectivity index is 1.65. The zero-order valence-electron chi connectivity index (χ0n) is 11.3. The highest BCUT2D eigenvalue weighted by Gasteiger charge is 2.44. The molecule has 0 unspecified atom stereocenters. The lowest BCUT2D eigenvalue weighted by Gasteiger charge is -2.25. The molecule has 1 heterocycles. The number of para-hydroxylation sites is 1. The Morgan fingerprint density at radius 3 is 3.00 bits per heavy atom. The van der Waals surface area contributed by atoms with Crippen molar-refractivity contribution in [3.05, 3.63) is 29.8 Å². The lowest BCUT2D eigenvalue weighted by Crippen LogP contribution is -2.25. The second-order valence-corrected chi connectivity index (χ2v) is 5.67. The number of rotatable bonds is 4. The van der Waals surface area contributed by atoms with E-state index in [0.29, 0.717) is 26.1 Å². The topological polar surface area (TPSA) is 59.3 Å². The molecule has 1 aromatic rings. The number of fused-ring (bicyclic) bond motifs is 1. The third kappa shape index (κ3) is 2.49. The monoisotopic (exact) mass is 271 g/mol. The molecule has 1 fully saturated rings. The molecule has 1 aromatic carbocycles. The fourth-order valence-electron chi connectivity index (χ4n) is 2.63. The smallest absolute Gasteiger partial charge is 0.313 e. The van der Waals surface area contributed by atoms with Crippen molar-refractivity contribution in [1.29, 1.82) is 5.26 Å². The van der Waals surface area contributed by atoms with Crippen LogP contribution in [0, 0.1) is 16.7 Å². The van der Waals surface area contributed by atoms with E-state index >= 15 is 0 Å². The molecule has 0 spiro atoms. The molecule has 0 aromatic heterocycles. The standard InChI is InChI=1S/C16H17NO3/c17-9-8-16(6-7-16)11-20-15(18)13-5-10-19-14-4-2-1-3-12(13)14/h1-4,13H,5-8,10-11H2/t13-/m0/s1. The summed E-state index contributed by atoms with van der Waals surface area (Å²) in [4.78, 5) is 12.3. The molecule has 0 N–H and O–H groups in total. The Morgan fingerprint density at radius 1 is 1.45 bits per heavy atom. The summed E-state index contributed by atoms with van der Waals surface area (Å²) in [5.41, 5.74) is 0.851. The molecule has 2 aliphatic rings. The van der Waals surface area contributed by atoms with Crippen molar-refractivity contribution in [1.82, 2.24) is 0 Å². The largest absolute Gasteiger partial charge is 0.493 e. The molecule has 3 rings (SSSR count). The van der Waals surface area contributed by atoms with Gasteiger partial charge in [0.25, 0.3) is 0 Å². The third-order valence-electron chi connectivity index (χ3n) is 4.17. The number of ether oxygens (including phenoxy) is 2. The average Bonchev–Trinajstić information content (AvgIpc) is 3.25. The molecule has 1 saturated carbocycles. The van der Waals surface area contributed by atoms with E-state index in [-0.39, 0.29) is 17.3 Å². The molecule has 1 aliphatic heterocycles. The van der Waals surface area contributed by atoms with Gasteiger partial charge in [0.2, 0.25) is 0 Å². The first-order chi connectivity index (χ1) is 9.74. The van der Waals surface area contributed by atoms with Crippen LogP contribution in [0.5, 0.6) is 5.75 Å². The number of nitriles is 1. The summed E-state index contributed by atoms with van der Waals surface area (Å²) in [6, 6.07) is 9.79. The molecule has 0 saturated heterocycles. The number of nitrogens with zero attached hydrogens (tertiary/aromatic N) is 1. The zero-order chi connectivity index (χ0) is 14.0. The van der Waals surface area contributed by atoms with Crippen LogP contribution in [0.1, 0.15) is 37.2 Å². The Kier molecular flexibility index (Phi) is 3.35. The average molecular weight is 271 g/mol. The minimum absolute atomic E-state index is 0.0604. The number of benzene rings is 1. The Bertz CT molecular complexity index is 557. The second kappa shape index (κ2) is 5.16. The number of carbonyl (C=O) groups is 1. The van der Waals surface area contributed by atoms with Gasteiger partial charge in [-0.3, -0.25) is 4.79 Å². The molecule has 20 heavy (non-hydrogen) atoms. The minimum Gasteiger partial charge on any atom is -0.493 e. The molecule has 0 bridgehead atoms. The highest BCUT2D eigenvalue weighted by molar-refractivity contribution is 5.79. The van der Waals surface area contributed by atoms with E-state index in [0.717, 1.165) is 24.2 Å². The second-order valence-electron chi connectivity index (χ2n) is 5.67. The number of esters is 1. The first-order valence-electron chi connectivity index (χ1n) is 6.99. The van der Waals surface area contributed by atoms with Gasteiger partial charge >= 0.3 is 5.97 Å². The number of carbonyl (C=O) groups excluding carboxylic acids is 1. The fraction of sp³-hybridized carbons (Fsp3) is 0.500. The van der Waals surface area contributed by atoms with Crippen molar-refractivity contribution < 1.29 is 14.3 Å². The van der Waals surface area contributed by atoms with E-state index in [2.05, 4.69) is 6.07 Å². The summed E-state index contributed by atoms with van der Waals surface area (Å²) < 4.78 is 11.0. The maximum atomic E-state index is 12.3. The van der Waals surface area contributed by atoms with Gasteiger partial charge in [-0.1, -0.05) is 18.2 Å².